The Labute approximate surface area is 96.9 Å². The van der Waals surface area contributed by atoms with Crippen molar-refractivity contribution >= 4 is 17.9 Å². The molecule has 0 unspecified atom stereocenters. The highest BCUT2D eigenvalue weighted by Crippen LogP contribution is 2.29. The molecule has 0 saturated carbocycles. The van der Waals surface area contributed by atoms with E-state index in [-0.39, 0.29) is 5.76 Å². The van der Waals surface area contributed by atoms with Gasteiger partial charge in [0.1, 0.15) is 11.8 Å². The Kier molecular flexibility index (Phi) is 2.76. The Hall–Kier alpha value is -2.05. The number of nitrogens with zero attached hydrogens (tertiary/aromatic N) is 1. The second kappa shape index (κ2) is 4.21. The minimum absolute atomic E-state index is 0.221. The van der Waals surface area contributed by atoms with Crippen molar-refractivity contribution in [1.29, 1.82) is 5.26 Å². The normalized spacial score (nSPS) is 9.75. The van der Waals surface area contributed by atoms with E-state index in [9.17, 15) is 4.79 Å². The van der Waals surface area contributed by atoms with Gasteiger partial charge in [-0.2, -0.15) is 5.26 Å². The summed E-state index contributed by atoms with van der Waals surface area (Å²) in [4.78, 5) is 10.5. The van der Waals surface area contributed by atoms with Gasteiger partial charge >= 0.3 is 0 Å². The molecule has 0 atom stereocenters. The van der Waals surface area contributed by atoms with Crippen molar-refractivity contribution in [3.8, 4) is 17.4 Å². The summed E-state index contributed by atoms with van der Waals surface area (Å²) in [6, 6.07) is 10.3. The van der Waals surface area contributed by atoms with Crippen LogP contribution in [0.4, 0.5) is 0 Å². The minimum atomic E-state index is 0.221. The molecular weight excluding hydrogens is 226 g/mol. The third-order valence-corrected chi connectivity index (χ3v) is 2.45. The molecule has 0 N–H and O–H groups in total. The number of halogens is 1. The molecule has 0 aliphatic carbocycles. The number of hydrogen-bond donors (Lipinski definition) is 0. The smallest absolute Gasteiger partial charge is 0.185 e. The Morgan fingerprint density at radius 2 is 2.12 bits per heavy atom. The summed E-state index contributed by atoms with van der Waals surface area (Å²) in [6.07, 6.45) is 0.611. The molecule has 0 radical (unpaired) electrons. The van der Waals surface area contributed by atoms with Crippen molar-refractivity contribution in [1.82, 2.24) is 0 Å². The Morgan fingerprint density at radius 3 is 2.75 bits per heavy atom. The first-order valence-electron chi connectivity index (χ1n) is 4.50. The van der Waals surface area contributed by atoms with E-state index in [1.807, 2.05) is 6.07 Å². The van der Waals surface area contributed by atoms with Crippen LogP contribution in [-0.2, 0) is 0 Å². The average Bonchev–Trinajstić information content (AvgIpc) is 2.77. The molecule has 4 heteroatoms. The highest BCUT2D eigenvalue weighted by molar-refractivity contribution is 6.32. The number of nitriles is 1. The second-order valence-corrected chi connectivity index (χ2v) is 3.50. The number of rotatable bonds is 2. The van der Waals surface area contributed by atoms with Crippen LogP contribution in [-0.4, -0.2) is 6.29 Å². The second-order valence-electron chi connectivity index (χ2n) is 3.09. The summed E-state index contributed by atoms with van der Waals surface area (Å²) in [5.41, 5.74) is 0.930. The molecule has 1 heterocycles. The predicted molar refractivity (Wildman–Crippen MR) is 59.3 cm³/mol. The standard InChI is InChI=1S/C12H6ClNO2/c13-11-3-1-2-9(10(11)6-14)12-5-4-8(7-15)16-12/h1-5,7H. The summed E-state index contributed by atoms with van der Waals surface area (Å²) >= 11 is 5.89. The first kappa shape index (κ1) is 10.5. The molecule has 0 aliphatic heterocycles. The molecule has 2 rings (SSSR count). The molecule has 0 spiro atoms. The maximum Gasteiger partial charge on any atom is 0.185 e. The summed E-state index contributed by atoms with van der Waals surface area (Å²) in [7, 11) is 0. The Balaban J connectivity index is 2.60. The predicted octanol–water partition coefficient (Wildman–Crippen LogP) is 3.28. The van der Waals surface area contributed by atoms with Crippen LogP contribution in [0.25, 0.3) is 11.3 Å². The fraction of sp³-hybridized carbons (Fsp3) is 0. The van der Waals surface area contributed by atoms with Gasteiger partial charge in [-0.3, -0.25) is 4.79 Å². The summed E-state index contributed by atoms with van der Waals surface area (Å²) in [5, 5.41) is 9.34. The van der Waals surface area contributed by atoms with Gasteiger partial charge in [-0.1, -0.05) is 17.7 Å². The fourth-order valence-corrected chi connectivity index (χ4v) is 1.62. The summed E-state index contributed by atoms with van der Waals surface area (Å²) < 4.78 is 5.24. The monoisotopic (exact) mass is 231 g/mol. The number of hydrogen-bond acceptors (Lipinski definition) is 3. The van der Waals surface area contributed by atoms with Gasteiger partial charge in [0.15, 0.2) is 12.0 Å². The van der Waals surface area contributed by atoms with Crippen molar-refractivity contribution < 1.29 is 9.21 Å². The molecule has 78 valence electrons. The molecule has 2 aromatic rings. The van der Waals surface area contributed by atoms with Gasteiger partial charge in [-0.05, 0) is 24.3 Å². The highest BCUT2D eigenvalue weighted by atomic mass is 35.5. The van der Waals surface area contributed by atoms with E-state index in [1.54, 1.807) is 30.3 Å². The molecule has 0 bridgehead atoms. The van der Waals surface area contributed by atoms with E-state index in [1.165, 1.54) is 0 Å². The van der Waals surface area contributed by atoms with Gasteiger partial charge in [0.25, 0.3) is 0 Å². The Morgan fingerprint density at radius 1 is 1.31 bits per heavy atom. The van der Waals surface area contributed by atoms with Crippen LogP contribution in [0, 0.1) is 11.3 Å². The van der Waals surface area contributed by atoms with Crippen LogP contribution >= 0.6 is 11.6 Å². The lowest BCUT2D eigenvalue weighted by molar-refractivity contribution is 0.110. The van der Waals surface area contributed by atoms with Crippen LogP contribution in [0.15, 0.2) is 34.7 Å². The quantitative estimate of drug-likeness (QED) is 0.746. The maximum absolute atomic E-state index is 10.5. The lowest BCUT2D eigenvalue weighted by atomic mass is 10.1. The zero-order chi connectivity index (χ0) is 11.5. The van der Waals surface area contributed by atoms with Crippen LogP contribution in [0.5, 0.6) is 0 Å². The molecule has 1 aromatic heterocycles. The topological polar surface area (TPSA) is 54.0 Å². The average molecular weight is 232 g/mol. The van der Waals surface area contributed by atoms with Crippen LogP contribution < -0.4 is 0 Å². The van der Waals surface area contributed by atoms with Crippen LogP contribution in [0.3, 0.4) is 0 Å². The van der Waals surface area contributed by atoms with Crippen molar-refractivity contribution in [3.63, 3.8) is 0 Å². The zero-order valence-corrected chi connectivity index (χ0v) is 8.86. The van der Waals surface area contributed by atoms with Crippen LogP contribution in [0.2, 0.25) is 5.02 Å². The van der Waals surface area contributed by atoms with Crippen molar-refractivity contribution in [2.45, 2.75) is 0 Å². The van der Waals surface area contributed by atoms with Gasteiger partial charge in [-0.25, -0.2) is 0 Å². The molecule has 1 aromatic carbocycles. The third-order valence-electron chi connectivity index (χ3n) is 2.13. The van der Waals surface area contributed by atoms with Gasteiger partial charge in [0.05, 0.1) is 10.6 Å². The highest BCUT2D eigenvalue weighted by Gasteiger charge is 2.11. The molecular formula is C12H6ClNO2. The number of benzene rings is 1. The zero-order valence-electron chi connectivity index (χ0n) is 8.11. The lowest BCUT2D eigenvalue weighted by Crippen LogP contribution is -1.83. The van der Waals surface area contributed by atoms with Gasteiger partial charge in [0, 0.05) is 5.56 Å². The number of carbonyl (C=O) groups excluding carboxylic acids is 1. The number of carbonyl (C=O) groups is 1. The molecule has 16 heavy (non-hydrogen) atoms. The molecule has 0 amide bonds. The minimum Gasteiger partial charge on any atom is -0.453 e. The van der Waals surface area contributed by atoms with Gasteiger partial charge < -0.3 is 4.42 Å². The fourth-order valence-electron chi connectivity index (χ4n) is 1.40. The summed E-state index contributed by atoms with van der Waals surface area (Å²) in [6.45, 7) is 0. The number of furan rings is 1. The van der Waals surface area contributed by atoms with Crippen molar-refractivity contribution in [3.05, 3.63) is 46.7 Å². The largest absolute Gasteiger partial charge is 0.453 e. The van der Waals surface area contributed by atoms with E-state index in [2.05, 4.69) is 0 Å². The molecule has 0 saturated heterocycles. The molecule has 0 fully saturated rings. The number of aldehydes is 1. The van der Waals surface area contributed by atoms with E-state index >= 15 is 0 Å². The lowest BCUT2D eigenvalue weighted by Gasteiger charge is -2.01. The van der Waals surface area contributed by atoms with Gasteiger partial charge in [-0.15, -0.1) is 0 Å². The van der Waals surface area contributed by atoms with E-state index in [0.717, 1.165) is 0 Å². The van der Waals surface area contributed by atoms with Crippen molar-refractivity contribution in [2.75, 3.05) is 0 Å². The van der Waals surface area contributed by atoms with E-state index < -0.39 is 0 Å². The van der Waals surface area contributed by atoms with Crippen LogP contribution in [0.1, 0.15) is 16.1 Å². The van der Waals surface area contributed by atoms with E-state index in [4.69, 9.17) is 21.3 Å². The Bertz CT molecular complexity index is 581. The first-order chi connectivity index (χ1) is 7.76. The molecule has 0 aliphatic rings. The summed E-state index contributed by atoms with van der Waals surface area (Å²) in [5.74, 6) is 0.681. The first-order valence-corrected chi connectivity index (χ1v) is 4.88. The van der Waals surface area contributed by atoms with Crippen molar-refractivity contribution in [2.24, 2.45) is 0 Å². The maximum atomic E-state index is 10.5. The van der Waals surface area contributed by atoms with E-state index in [0.29, 0.717) is 28.2 Å². The SMILES string of the molecule is N#Cc1c(Cl)cccc1-c1ccc(C=O)o1. The van der Waals surface area contributed by atoms with Gasteiger partial charge in [0.2, 0.25) is 0 Å². The molecule has 3 nitrogen and oxygen atoms in total. The third kappa shape index (κ3) is 1.71.